The number of pyridine rings is 1. The van der Waals surface area contributed by atoms with E-state index in [0.29, 0.717) is 16.9 Å². The van der Waals surface area contributed by atoms with Gasteiger partial charge in [0.05, 0.1) is 29.0 Å². The van der Waals surface area contributed by atoms with Crippen LogP contribution in [-0.4, -0.2) is 32.3 Å². The number of para-hydroxylation sites is 1. The Hall–Kier alpha value is -4.27. The third kappa shape index (κ3) is 3.12. The maximum absolute atomic E-state index is 13.0. The maximum Gasteiger partial charge on any atom is 0.341 e. The molecule has 0 aliphatic carbocycles. The van der Waals surface area contributed by atoms with E-state index in [1.807, 2.05) is 6.07 Å². The van der Waals surface area contributed by atoms with Crippen LogP contribution in [0.2, 0.25) is 0 Å². The van der Waals surface area contributed by atoms with E-state index in [4.69, 9.17) is 4.74 Å². The number of methoxy groups -OCH3 is 1. The topological polar surface area (TPSA) is 109 Å². The van der Waals surface area contributed by atoms with Gasteiger partial charge in [-0.1, -0.05) is 24.3 Å². The Morgan fingerprint density at radius 2 is 1.83 bits per heavy atom. The van der Waals surface area contributed by atoms with E-state index in [0.717, 1.165) is 0 Å². The predicted octanol–water partition coefficient (Wildman–Crippen LogP) is 3.13. The van der Waals surface area contributed by atoms with Gasteiger partial charge in [0.15, 0.2) is 0 Å². The summed E-state index contributed by atoms with van der Waals surface area (Å²) in [5.41, 5.74) is 1.43. The molecule has 9 heteroatoms. The minimum absolute atomic E-state index is 0.0676. The number of hydrogen-bond acceptors (Lipinski definition) is 6. The Labute approximate surface area is 170 Å². The number of carbonyl (C=O) groups excluding carboxylic acids is 1. The highest BCUT2D eigenvalue weighted by Crippen LogP contribution is 2.27. The van der Waals surface area contributed by atoms with E-state index in [2.05, 4.69) is 5.10 Å². The summed E-state index contributed by atoms with van der Waals surface area (Å²) in [6.07, 6.45) is 2.95. The smallest absolute Gasteiger partial charge is 0.341 e. The molecule has 0 fully saturated rings. The minimum Gasteiger partial charge on any atom is -0.465 e. The zero-order valence-electron chi connectivity index (χ0n) is 16.1. The molecule has 0 spiro atoms. The van der Waals surface area contributed by atoms with Crippen molar-refractivity contribution in [2.24, 2.45) is 0 Å². The average Bonchev–Trinajstić information content (AvgIpc) is 3.10. The number of benzene rings is 2. The number of ether oxygens (including phenoxy) is 1. The maximum atomic E-state index is 13.0. The molecule has 2 aromatic rings. The van der Waals surface area contributed by atoms with Gasteiger partial charge in [-0.25, -0.2) is 4.79 Å². The predicted molar refractivity (Wildman–Crippen MR) is 109 cm³/mol. The number of aryl methyl sites for hydroxylation is 1. The van der Waals surface area contributed by atoms with Gasteiger partial charge in [0.25, 0.3) is 11.2 Å². The Balaban J connectivity index is 1.99. The lowest BCUT2D eigenvalue weighted by Crippen LogP contribution is -2.15. The van der Waals surface area contributed by atoms with Crippen LogP contribution in [0, 0.1) is 17.0 Å². The fraction of sp³-hybridized carbons (Fsp3) is 0.0952. The van der Waals surface area contributed by atoms with Gasteiger partial charge in [0.1, 0.15) is 11.3 Å². The second-order valence-corrected chi connectivity index (χ2v) is 6.61. The monoisotopic (exact) mass is 404 g/mol. The largest absolute Gasteiger partial charge is 0.465 e. The molecule has 4 rings (SSSR count). The van der Waals surface area contributed by atoms with Crippen molar-refractivity contribution in [3.63, 3.8) is 0 Å². The number of carbonyl (C=O) groups is 1. The molecule has 2 aromatic carbocycles. The molecule has 0 N–H and O–H groups in total. The molecule has 150 valence electrons. The van der Waals surface area contributed by atoms with Gasteiger partial charge >= 0.3 is 5.97 Å². The van der Waals surface area contributed by atoms with Crippen molar-refractivity contribution in [2.45, 2.75) is 6.92 Å². The van der Waals surface area contributed by atoms with Crippen LogP contribution in [0.4, 0.5) is 5.69 Å². The third-order valence-corrected chi connectivity index (χ3v) is 4.76. The van der Waals surface area contributed by atoms with Gasteiger partial charge in [-0.3, -0.25) is 14.9 Å². The summed E-state index contributed by atoms with van der Waals surface area (Å²) >= 11 is 0. The Kier molecular flexibility index (Phi) is 4.63. The van der Waals surface area contributed by atoms with Crippen LogP contribution in [0.25, 0.3) is 22.6 Å². The van der Waals surface area contributed by atoms with Crippen LogP contribution in [0.5, 0.6) is 0 Å². The van der Waals surface area contributed by atoms with E-state index in [-0.39, 0.29) is 22.5 Å². The fourth-order valence-corrected chi connectivity index (χ4v) is 3.21. The number of rotatable bonds is 4. The molecule has 0 amide bonds. The van der Waals surface area contributed by atoms with Crippen LogP contribution in [0.1, 0.15) is 15.9 Å². The first kappa shape index (κ1) is 19.1. The molecule has 2 aliphatic rings. The second kappa shape index (κ2) is 7.28. The van der Waals surface area contributed by atoms with Gasteiger partial charge in [-0.05, 0) is 25.1 Å². The standard InChI is InChI=1S/C21H16N4O5/c1-13-8-9-15(10-18(13)25(28)29)23-11-16-19(17(12-23)21(27)30-2)22-24(20(16)26)14-6-4-3-5-7-14/h3-12H,1-2H3. The first-order chi connectivity index (χ1) is 14.4. The molecule has 9 nitrogen and oxygen atoms in total. The molecule has 30 heavy (non-hydrogen) atoms. The minimum atomic E-state index is -0.673. The molecule has 0 bridgehead atoms. The van der Waals surface area contributed by atoms with Crippen LogP contribution >= 0.6 is 0 Å². The van der Waals surface area contributed by atoms with Crippen molar-refractivity contribution in [3.05, 3.63) is 92.5 Å². The molecule has 0 saturated heterocycles. The molecule has 2 heterocycles. The Morgan fingerprint density at radius 3 is 2.50 bits per heavy atom. The van der Waals surface area contributed by atoms with Crippen molar-refractivity contribution in [1.82, 2.24) is 14.3 Å². The molecule has 0 atom stereocenters. The molecule has 0 saturated carbocycles. The highest BCUT2D eigenvalue weighted by atomic mass is 16.6. The quantitative estimate of drug-likeness (QED) is 0.294. The fourth-order valence-electron chi connectivity index (χ4n) is 3.21. The summed E-state index contributed by atoms with van der Waals surface area (Å²) in [4.78, 5) is 36.3. The van der Waals surface area contributed by atoms with Crippen molar-refractivity contribution in [2.75, 3.05) is 7.11 Å². The summed E-state index contributed by atoms with van der Waals surface area (Å²) in [5, 5.41) is 15.6. The first-order valence-electron chi connectivity index (χ1n) is 8.95. The van der Waals surface area contributed by atoms with Crippen LogP contribution < -0.4 is 5.56 Å². The number of fused-ring (bicyclic) bond motifs is 1. The number of nitro groups is 1. The Bertz CT molecular complexity index is 1310. The number of aromatic nitrogens is 3. The number of hydrogen-bond donors (Lipinski definition) is 0. The van der Waals surface area contributed by atoms with Gasteiger partial charge in [0, 0.05) is 24.0 Å². The summed E-state index contributed by atoms with van der Waals surface area (Å²) in [6, 6.07) is 13.5. The van der Waals surface area contributed by atoms with E-state index in [1.54, 1.807) is 43.3 Å². The molecule has 0 unspecified atom stereocenters. The lowest BCUT2D eigenvalue weighted by atomic mass is 10.1. The van der Waals surface area contributed by atoms with Crippen molar-refractivity contribution >= 4 is 11.7 Å². The number of nitrogens with zero attached hydrogens (tertiary/aromatic N) is 4. The Morgan fingerprint density at radius 1 is 1.10 bits per heavy atom. The van der Waals surface area contributed by atoms with E-state index in [1.165, 1.54) is 34.8 Å². The molecular formula is C21H16N4O5. The third-order valence-electron chi connectivity index (χ3n) is 4.76. The SMILES string of the molecule is COC(=O)c1cn(-c2ccc(C)c([N+](=O)[O-])c2)cc2c(=O)n(-c3ccccc3)nc1-2. The van der Waals surface area contributed by atoms with Gasteiger partial charge in [-0.2, -0.15) is 9.78 Å². The van der Waals surface area contributed by atoms with Crippen LogP contribution in [-0.2, 0) is 4.74 Å². The lowest BCUT2D eigenvalue weighted by Gasteiger charge is -2.12. The summed E-state index contributed by atoms with van der Waals surface area (Å²) in [5.74, 6) is -0.673. The zero-order chi connectivity index (χ0) is 21.4. The van der Waals surface area contributed by atoms with Crippen LogP contribution in [0.15, 0.2) is 65.7 Å². The number of esters is 1. The van der Waals surface area contributed by atoms with Crippen molar-refractivity contribution < 1.29 is 14.5 Å². The highest BCUT2D eigenvalue weighted by Gasteiger charge is 2.25. The highest BCUT2D eigenvalue weighted by molar-refractivity contribution is 5.96. The van der Waals surface area contributed by atoms with E-state index in [9.17, 15) is 19.7 Å². The van der Waals surface area contributed by atoms with Gasteiger partial charge < -0.3 is 9.30 Å². The van der Waals surface area contributed by atoms with Crippen molar-refractivity contribution in [1.29, 1.82) is 0 Å². The normalized spacial score (nSPS) is 10.9. The van der Waals surface area contributed by atoms with Crippen LogP contribution in [0.3, 0.4) is 0 Å². The summed E-state index contributed by atoms with van der Waals surface area (Å²) in [6.45, 7) is 1.63. The molecule has 0 aromatic heterocycles. The van der Waals surface area contributed by atoms with Gasteiger partial charge in [0.2, 0.25) is 0 Å². The van der Waals surface area contributed by atoms with Gasteiger partial charge in [-0.15, -0.1) is 0 Å². The van der Waals surface area contributed by atoms with E-state index >= 15 is 0 Å². The van der Waals surface area contributed by atoms with E-state index < -0.39 is 16.5 Å². The summed E-state index contributed by atoms with van der Waals surface area (Å²) < 4.78 is 7.55. The lowest BCUT2D eigenvalue weighted by molar-refractivity contribution is -0.385. The first-order valence-corrected chi connectivity index (χ1v) is 8.95. The molecular weight excluding hydrogens is 388 g/mol. The second-order valence-electron chi connectivity index (χ2n) is 6.61. The zero-order valence-corrected chi connectivity index (χ0v) is 16.1. The average molecular weight is 404 g/mol. The number of nitro benzene ring substituents is 1. The molecule has 0 radical (unpaired) electrons. The summed E-state index contributed by atoms with van der Waals surface area (Å²) in [7, 11) is 1.23. The van der Waals surface area contributed by atoms with Crippen molar-refractivity contribution in [3.8, 4) is 22.6 Å². The molecule has 2 aliphatic heterocycles.